The van der Waals surface area contributed by atoms with Gasteiger partial charge >= 0.3 is 0 Å². The van der Waals surface area contributed by atoms with Gasteiger partial charge in [0.25, 0.3) is 0 Å². The van der Waals surface area contributed by atoms with E-state index in [1.165, 1.54) is 12.8 Å². The minimum atomic E-state index is 0.843. The van der Waals surface area contributed by atoms with Crippen LogP contribution in [0.25, 0.3) is 0 Å². The van der Waals surface area contributed by atoms with Crippen molar-refractivity contribution in [1.82, 2.24) is 0 Å². The molecule has 0 radical (unpaired) electrons. The molecule has 0 aromatic carbocycles. The average Bonchev–Trinajstić information content (AvgIpc) is 2.11. The van der Waals surface area contributed by atoms with Crippen molar-refractivity contribution in [2.24, 2.45) is 35.5 Å². The van der Waals surface area contributed by atoms with Crippen LogP contribution in [0, 0.1) is 35.5 Å². The van der Waals surface area contributed by atoms with Gasteiger partial charge in [0.1, 0.15) is 0 Å². The summed E-state index contributed by atoms with van der Waals surface area (Å²) in [6.07, 6.45) is 2.88. The maximum absolute atomic E-state index is 2.48. The van der Waals surface area contributed by atoms with E-state index in [0.29, 0.717) is 0 Å². The lowest BCUT2D eigenvalue weighted by Gasteiger charge is -2.49. The SMILES string of the molecule is CCC1CC(C)C1C(C)C(C)C(C)C. The lowest BCUT2D eigenvalue weighted by Crippen LogP contribution is -2.41. The highest BCUT2D eigenvalue weighted by molar-refractivity contribution is 4.90. The summed E-state index contributed by atoms with van der Waals surface area (Å²) in [7, 11) is 0. The molecule has 1 fully saturated rings. The van der Waals surface area contributed by atoms with Crippen LogP contribution in [0.4, 0.5) is 0 Å². The minimum Gasteiger partial charge on any atom is -0.0651 e. The highest BCUT2D eigenvalue weighted by Crippen LogP contribution is 2.49. The van der Waals surface area contributed by atoms with Gasteiger partial charge in [0.2, 0.25) is 0 Å². The molecule has 0 saturated heterocycles. The summed E-state index contributed by atoms with van der Waals surface area (Å²) < 4.78 is 0. The van der Waals surface area contributed by atoms with Crippen molar-refractivity contribution in [3.05, 3.63) is 0 Å². The van der Waals surface area contributed by atoms with E-state index in [4.69, 9.17) is 0 Å². The molecule has 5 atom stereocenters. The molecule has 1 aliphatic carbocycles. The van der Waals surface area contributed by atoms with Crippen LogP contribution >= 0.6 is 0 Å². The molecule has 0 nitrogen and oxygen atoms in total. The first-order chi connectivity index (χ1) is 6.49. The molecule has 0 aromatic rings. The van der Waals surface area contributed by atoms with Crippen molar-refractivity contribution < 1.29 is 0 Å². The lowest BCUT2D eigenvalue weighted by molar-refractivity contribution is 0.00348. The maximum atomic E-state index is 2.48. The van der Waals surface area contributed by atoms with Gasteiger partial charge in [-0.2, -0.15) is 0 Å². The number of hydrogen-bond acceptors (Lipinski definition) is 0. The molecular formula is C14H28. The van der Waals surface area contributed by atoms with Gasteiger partial charge in [-0.25, -0.2) is 0 Å². The second-order valence-electron chi connectivity index (χ2n) is 5.92. The monoisotopic (exact) mass is 196 g/mol. The fourth-order valence-corrected chi connectivity index (χ4v) is 3.40. The third-order valence-corrected chi connectivity index (χ3v) is 4.89. The Morgan fingerprint density at radius 2 is 1.71 bits per heavy atom. The van der Waals surface area contributed by atoms with E-state index >= 15 is 0 Å². The second kappa shape index (κ2) is 4.68. The van der Waals surface area contributed by atoms with Crippen LogP contribution in [0.3, 0.4) is 0 Å². The Hall–Kier alpha value is 0. The lowest BCUT2D eigenvalue weighted by atomic mass is 9.57. The molecule has 0 aromatic heterocycles. The van der Waals surface area contributed by atoms with Crippen LogP contribution in [-0.2, 0) is 0 Å². The Labute approximate surface area is 90.5 Å². The summed E-state index contributed by atoms with van der Waals surface area (Å²) in [6, 6.07) is 0. The Morgan fingerprint density at radius 3 is 2.07 bits per heavy atom. The van der Waals surface area contributed by atoms with Crippen LogP contribution in [0.1, 0.15) is 54.4 Å². The third-order valence-electron chi connectivity index (χ3n) is 4.89. The van der Waals surface area contributed by atoms with Crippen LogP contribution in [0.2, 0.25) is 0 Å². The van der Waals surface area contributed by atoms with E-state index in [1.807, 2.05) is 0 Å². The van der Waals surface area contributed by atoms with E-state index in [1.54, 1.807) is 0 Å². The van der Waals surface area contributed by atoms with Crippen molar-refractivity contribution >= 4 is 0 Å². The predicted octanol–water partition coefficient (Wildman–Crippen LogP) is 4.60. The molecular weight excluding hydrogens is 168 g/mol. The van der Waals surface area contributed by atoms with E-state index in [0.717, 1.165) is 35.5 Å². The predicted molar refractivity (Wildman–Crippen MR) is 64.2 cm³/mol. The molecule has 1 rings (SSSR count). The summed E-state index contributed by atoms with van der Waals surface area (Å²) in [5.41, 5.74) is 0. The largest absolute Gasteiger partial charge is 0.0651 e. The van der Waals surface area contributed by atoms with Crippen molar-refractivity contribution in [3.63, 3.8) is 0 Å². The van der Waals surface area contributed by atoms with Crippen LogP contribution in [-0.4, -0.2) is 0 Å². The van der Waals surface area contributed by atoms with Gasteiger partial charge in [-0.05, 0) is 41.9 Å². The summed E-state index contributed by atoms with van der Waals surface area (Å²) in [5.74, 6) is 5.67. The molecule has 1 saturated carbocycles. The zero-order valence-electron chi connectivity index (χ0n) is 10.9. The van der Waals surface area contributed by atoms with Gasteiger partial charge in [0, 0.05) is 0 Å². The van der Waals surface area contributed by atoms with E-state index in [9.17, 15) is 0 Å². The van der Waals surface area contributed by atoms with Crippen molar-refractivity contribution in [2.75, 3.05) is 0 Å². The zero-order chi connectivity index (χ0) is 10.9. The molecule has 5 unspecified atom stereocenters. The molecule has 0 heterocycles. The zero-order valence-corrected chi connectivity index (χ0v) is 10.9. The Balaban J connectivity index is 2.54. The first-order valence-corrected chi connectivity index (χ1v) is 6.49. The summed E-state index contributed by atoms with van der Waals surface area (Å²) in [4.78, 5) is 0. The Kier molecular flexibility index (Phi) is 4.04. The maximum Gasteiger partial charge on any atom is -0.0332 e. The van der Waals surface area contributed by atoms with E-state index < -0.39 is 0 Å². The summed E-state index contributed by atoms with van der Waals surface area (Å²) in [5, 5.41) is 0. The molecule has 1 aliphatic rings. The number of rotatable bonds is 4. The van der Waals surface area contributed by atoms with Crippen LogP contribution < -0.4 is 0 Å². The third kappa shape index (κ3) is 2.15. The molecule has 0 bridgehead atoms. The molecule has 0 N–H and O–H groups in total. The average molecular weight is 196 g/mol. The molecule has 0 aliphatic heterocycles. The molecule has 14 heavy (non-hydrogen) atoms. The van der Waals surface area contributed by atoms with Crippen LogP contribution in [0.15, 0.2) is 0 Å². The standard InChI is InChI=1S/C14H28/c1-7-13-8-10(4)14(13)12(6)11(5)9(2)3/h9-14H,7-8H2,1-6H3. The first kappa shape index (κ1) is 12.1. The smallest absolute Gasteiger partial charge is 0.0332 e. The molecule has 0 heteroatoms. The van der Waals surface area contributed by atoms with Crippen molar-refractivity contribution in [3.8, 4) is 0 Å². The van der Waals surface area contributed by atoms with Gasteiger partial charge in [-0.3, -0.25) is 0 Å². The topological polar surface area (TPSA) is 0 Å². The van der Waals surface area contributed by atoms with E-state index in [-0.39, 0.29) is 0 Å². The fraction of sp³-hybridized carbons (Fsp3) is 1.00. The fourth-order valence-electron chi connectivity index (χ4n) is 3.40. The number of hydrogen-bond donors (Lipinski definition) is 0. The van der Waals surface area contributed by atoms with Crippen molar-refractivity contribution in [2.45, 2.75) is 54.4 Å². The van der Waals surface area contributed by atoms with E-state index in [2.05, 4.69) is 41.5 Å². The molecule has 0 amide bonds. The van der Waals surface area contributed by atoms with Gasteiger partial charge in [0.05, 0.1) is 0 Å². The highest BCUT2D eigenvalue weighted by atomic mass is 14.5. The summed E-state index contributed by atoms with van der Waals surface area (Å²) in [6.45, 7) is 14.5. The first-order valence-electron chi connectivity index (χ1n) is 6.49. The Morgan fingerprint density at radius 1 is 1.14 bits per heavy atom. The Bertz CT molecular complexity index is 171. The molecule has 0 spiro atoms. The summed E-state index contributed by atoms with van der Waals surface area (Å²) >= 11 is 0. The minimum absolute atomic E-state index is 0.843. The van der Waals surface area contributed by atoms with Crippen LogP contribution in [0.5, 0.6) is 0 Å². The van der Waals surface area contributed by atoms with Gasteiger partial charge in [-0.15, -0.1) is 0 Å². The molecule has 84 valence electrons. The van der Waals surface area contributed by atoms with Gasteiger partial charge in [-0.1, -0.05) is 48.0 Å². The van der Waals surface area contributed by atoms with Crippen molar-refractivity contribution in [1.29, 1.82) is 0 Å². The van der Waals surface area contributed by atoms with Gasteiger partial charge in [0.15, 0.2) is 0 Å². The highest BCUT2D eigenvalue weighted by Gasteiger charge is 2.41. The van der Waals surface area contributed by atoms with Gasteiger partial charge < -0.3 is 0 Å². The normalized spacial score (nSPS) is 36.6. The second-order valence-corrected chi connectivity index (χ2v) is 5.92. The quantitative estimate of drug-likeness (QED) is 0.616.